The van der Waals surface area contributed by atoms with E-state index in [4.69, 9.17) is 12.2 Å². The Balaban J connectivity index is 1.71. The molecule has 1 aromatic carbocycles. The van der Waals surface area contributed by atoms with E-state index in [2.05, 4.69) is 10.3 Å². The number of pyridine rings is 1. The van der Waals surface area contributed by atoms with Crippen LogP contribution >= 0.6 is 24.0 Å². The van der Waals surface area contributed by atoms with Crippen molar-refractivity contribution < 1.29 is 4.79 Å². The number of hydrogen-bond acceptors (Lipinski definition) is 5. The molecule has 1 N–H and O–H groups in total. The van der Waals surface area contributed by atoms with Crippen molar-refractivity contribution in [2.24, 2.45) is 0 Å². The number of benzene rings is 1. The lowest BCUT2D eigenvalue weighted by molar-refractivity contribution is -0.121. The average molecular weight is 341 g/mol. The first kappa shape index (κ1) is 15.7. The molecular weight excluding hydrogens is 326 g/mol. The maximum absolute atomic E-state index is 12.5. The van der Waals surface area contributed by atoms with Crippen LogP contribution in [0, 0.1) is 6.92 Å². The SMILES string of the molecule is Cc1ccc(C=C2SC(=S)N(CNc3cccnc3)C2=O)cc1. The molecule has 1 aromatic heterocycles. The molecule has 2 aromatic rings. The largest absolute Gasteiger partial charge is 0.366 e. The van der Waals surface area contributed by atoms with E-state index >= 15 is 0 Å². The Morgan fingerprint density at radius 3 is 2.78 bits per heavy atom. The minimum Gasteiger partial charge on any atom is -0.366 e. The molecule has 6 heteroatoms. The molecule has 4 nitrogen and oxygen atoms in total. The number of nitrogens with one attached hydrogen (secondary N) is 1. The van der Waals surface area contributed by atoms with Gasteiger partial charge in [-0.15, -0.1) is 0 Å². The number of anilines is 1. The summed E-state index contributed by atoms with van der Waals surface area (Å²) in [7, 11) is 0. The molecule has 3 rings (SSSR count). The second-order valence-corrected chi connectivity index (χ2v) is 6.77. The summed E-state index contributed by atoms with van der Waals surface area (Å²) in [5, 5.41) is 3.15. The summed E-state index contributed by atoms with van der Waals surface area (Å²) in [6.07, 6.45) is 5.29. The van der Waals surface area contributed by atoms with Crippen LogP contribution in [0.4, 0.5) is 5.69 Å². The molecule has 1 fully saturated rings. The Morgan fingerprint density at radius 2 is 2.09 bits per heavy atom. The molecule has 116 valence electrons. The molecule has 1 aliphatic heterocycles. The Morgan fingerprint density at radius 1 is 1.30 bits per heavy atom. The molecular formula is C17H15N3OS2. The van der Waals surface area contributed by atoms with Crippen molar-refractivity contribution in [3.8, 4) is 0 Å². The number of aryl methyl sites for hydroxylation is 1. The molecule has 0 atom stereocenters. The van der Waals surface area contributed by atoms with Gasteiger partial charge in [0.2, 0.25) is 0 Å². The van der Waals surface area contributed by atoms with E-state index in [1.807, 2.05) is 49.4 Å². The number of nitrogens with zero attached hydrogens (tertiary/aromatic N) is 2. The number of rotatable bonds is 4. The van der Waals surface area contributed by atoms with Crippen molar-refractivity contribution in [2.45, 2.75) is 6.92 Å². The van der Waals surface area contributed by atoms with Crippen LogP contribution in [0.25, 0.3) is 6.08 Å². The average Bonchev–Trinajstić information content (AvgIpc) is 2.82. The van der Waals surface area contributed by atoms with Crippen LogP contribution in [0.5, 0.6) is 0 Å². The second-order valence-electron chi connectivity index (χ2n) is 5.10. The number of hydrogen-bond donors (Lipinski definition) is 1. The van der Waals surface area contributed by atoms with Crippen molar-refractivity contribution in [1.29, 1.82) is 0 Å². The van der Waals surface area contributed by atoms with Crippen molar-refractivity contribution >= 4 is 46.0 Å². The quantitative estimate of drug-likeness (QED) is 0.679. The standard InChI is InChI=1S/C17H15N3OS2/c1-12-4-6-13(7-5-12)9-15-16(21)20(17(22)23-15)11-19-14-3-2-8-18-10-14/h2-10,19H,11H2,1H3. The molecule has 2 heterocycles. The predicted molar refractivity (Wildman–Crippen MR) is 98.9 cm³/mol. The molecule has 1 amide bonds. The Bertz CT molecular complexity index is 757. The highest BCUT2D eigenvalue weighted by Gasteiger charge is 2.31. The first-order chi connectivity index (χ1) is 11.1. The van der Waals surface area contributed by atoms with Crippen LogP contribution in [0.15, 0.2) is 53.7 Å². The maximum Gasteiger partial charge on any atom is 0.267 e. The van der Waals surface area contributed by atoms with Gasteiger partial charge in [-0.25, -0.2) is 0 Å². The zero-order valence-electron chi connectivity index (χ0n) is 12.5. The van der Waals surface area contributed by atoms with Gasteiger partial charge in [-0.3, -0.25) is 14.7 Å². The van der Waals surface area contributed by atoms with Crippen LogP contribution in [-0.2, 0) is 4.79 Å². The zero-order valence-corrected chi connectivity index (χ0v) is 14.2. The zero-order chi connectivity index (χ0) is 16.2. The summed E-state index contributed by atoms with van der Waals surface area (Å²) in [5.41, 5.74) is 3.04. The lowest BCUT2D eigenvalue weighted by Crippen LogP contribution is -2.33. The van der Waals surface area contributed by atoms with Gasteiger partial charge in [0, 0.05) is 12.4 Å². The van der Waals surface area contributed by atoms with Crippen molar-refractivity contribution in [3.63, 3.8) is 0 Å². The first-order valence-electron chi connectivity index (χ1n) is 7.09. The third-order valence-corrected chi connectivity index (χ3v) is 4.73. The summed E-state index contributed by atoms with van der Waals surface area (Å²) in [6.45, 7) is 2.37. The van der Waals surface area contributed by atoms with E-state index in [-0.39, 0.29) is 5.91 Å². The Hall–Kier alpha value is -2.18. The van der Waals surface area contributed by atoms with Gasteiger partial charge >= 0.3 is 0 Å². The fraction of sp³-hybridized carbons (Fsp3) is 0.118. The van der Waals surface area contributed by atoms with Crippen LogP contribution in [0.1, 0.15) is 11.1 Å². The lowest BCUT2D eigenvalue weighted by Gasteiger charge is -2.15. The summed E-state index contributed by atoms with van der Waals surface area (Å²) >= 11 is 6.65. The molecule has 0 bridgehead atoms. The van der Waals surface area contributed by atoms with E-state index in [0.717, 1.165) is 11.3 Å². The van der Waals surface area contributed by atoms with Crippen LogP contribution in [0.2, 0.25) is 0 Å². The minimum atomic E-state index is -0.0723. The van der Waals surface area contributed by atoms with Gasteiger partial charge in [-0.1, -0.05) is 53.8 Å². The normalized spacial score (nSPS) is 16.2. The number of aromatic nitrogens is 1. The van der Waals surface area contributed by atoms with Gasteiger partial charge in [0.25, 0.3) is 5.91 Å². The van der Waals surface area contributed by atoms with E-state index in [9.17, 15) is 4.79 Å². The third-order valence-electron chi connectivity index (χ3n) is 3.35. The van der Waals surface area contributed by atoms with E-state index in [1.165, 1.54) is 17.3 Å². The summed E-state index contributed by atoms with van der Waals surface area (Å²) in [6, 6.07) is 11.8. The highest BCUT2D eigenvalue weighted by Crippen LogP contribution is 2.32. The van der Waals surface area contributed by atoms with Gasteiger partial charge in [0.05, 0.1) is 17.3 Å². The number of carbonyl (C=O) groups is 1. The highest BCUT2D eigenvalue weighted by molar-refractivity contribution is 8.26. The van der Waals surface area contributed by atoms with E-state index < -0.39 is 0 Å². The van der Waals surface area contributed by atoms with Crippen molar-refractivity contribution in [2.75, 3.05) is 12.0 Å². The number of thiocarbonyl (C=S) groups is 1. The van der Waals surface area contributed by atoms with E-state index in [0.29, 0.717) is 15.9 Å². The smallest absolute Gasteiger partial charge is 0.267 e. The monoisotopic (exact) mass is 341 g/mol. The van der Waals surface area contributed by atoms with E-state index in [1.54, 1.807) is 17.3 Å². The second kappa shape index (κ2) is 6.93. The fourth-order valence-electron chi connectivity index (χ4n) is 2.09. The Labute approximate surface area is 144 Å². The fourth-order valence-corrected chi connectivity index (χ4v) is 3.34. The number of amides is 1. The van der Waals surface area contributed by atoms with Gasteiger partial charge in [-0.05, 0) is 30.7 Å². The van der Waals surface area contributed by atoms with Gasteiger partial charge < -0.3 is 5.32 Å². The third kappa shape index (κ3) is 3.78. The van der Waals surface area contributed by atoms with Crippen LogP contribution in [-0.4, -0.2) is 26.8 Å². The minimum absolute atomic E-state index is 0.0723. The molecule has 0 aliphatic carbocycles. The predicted octanol–water partition coefficient (Wildman–Crippen LogP) is 3.66. The summed E-state index contributed by atoms with van der Waals surface area (Å²) in [5.74, 6) is -0.0723. The molecule has 23 heavy (non-hydrogen) atoms. The van der Waals surface area contributed by atoms with Crippen LogP contribution < -0.4 is 5.32 Å². The number of carbonyl (C=O) groups excluding carboxylic acids is 1. The molecule has 0 radical (unpaired) electrons. The summed E-state index contributed by atoms with van der Waals surface area (Å²) in [4.78, 5) is 18.7. The lowest BCUT2D eigenvalue weighted by atomic mass is 10.1. The molecule has 0 unspecified atom stereocenters. The van der Waals surface area contributed by atoms with Crippen molar-refractivity contribution in [1.82, 2.24) is 9.88 Å². The van der Waals surface area contributed by atoms with Gasteiger partial charge in [-0.2, -0.15) is 0 Å². The molecule has 1 saturated heterocycles. The van der Waals surface area contributed by atoms with Crippen molar-refractivity contribution in [3.05, 3.63) is 64.8 Å². The molecule has 0 spiro atoms. The van der Waals surface area contributed by atoms with Crippen LogP contribution in [0.3, 0.4) is 0 Å². The van der Waals surface area contributed by atoms with Gasteiger partial charge in [0.15, 0.2) is 0 Å². The number of thioether (sulfide) groups is 1. The van der Waals surface area contributed by atoms with Gasteiger partial charge in [0.1, 0.15) is 4.32 Å². The molecule has 0 saturated carbocycles. The topological polar surface area (TPSA) is 45.2 Å². The summed E-state index contributed by atoms with van der Waals surface area (Å²) < 4.78 is 0.560. The maximum atomic E-state index is 12.5. The molecule has 1 aliphatic rings. The first-order valence-corrected chi connectivity index (χ1v) is 8.32. The Kier molecular flexibility index (Phi) is 4.73. The highest BCUT2D eigenvalue weighted by atomic mass is 32.2.